The molecule has 2 aliphatic rings. The molecule has 174 valence electrons. The van der Waals surface area contributed by atoms with Gasteiger partial charge in [0.15, 0.2) is 5.60 Å². The number of fused-ring (bicyclic) bond motifs is 5. The van der Waals surface area contributed by atoms with Crippen molar-refractivity contribution in [2.75, 3.05) is 14.2 Å². The van der Waals surface area contributed by atoms with E-state index in [4.69, 9.17) is 19.2 Å². The third kappa shape index (κ3) is 3.04. The molecule has 0 aliphatic carbocycles. The smallest absolute Gasteiger partial charge is 0.343 e. The van der Waals surface area contributed by atoms with Gasteiger partial charge in [0.05, 0.1) is 43.2 Å². The molecule has 0 saturated heterocycles. The fraction of sp³-hybridized carbons (Fsp3) is 0.280. The molecule has 3 aromatic rings. The second-order valence-electron chi connectivity index (χ2n) is 8.20. The number of cyclic esters (lactones) is 1. The summed E-state index contributed by atoms with van der Waals surface area (Å²) in [6.45, 7) is 1.76. The topological polar surface area (TPSA) is 117 Å². The lowest BCUT2D eigenvalue weighted by Gasteiger charge is -2.31. The molecule has 34 heavy (non-hydrogen) atoms. The van der Waals surface area contributed by atoms with Crippen molar-refractivity contribution in [3.8, 4) is 17.1 Å². The first-order chi connectivity index (χ1) is 16.3. The summed E-state index contributed by atoms with van der Waals surface area (Å²) >= 11 is 0. The molecule has 5 rings (SSSR count). The van der Waals surface area contributed by atoms with Gasteiger partial charge in [-0.05, 0) is 36.8 Å². The predicted octanol–water partition coefficient (Wildman–Crippen LogP) is 2.27. The normalized spacial score (nSPS) is 18.4. The SMILES string of the molecule is CC[C@@]1(O)C(=O)OCc2c1cc1n(c2=O)Cc2cc3c(C=CC(=O)OC)c(OC)ccc3nc2-1. The molecular weight excluding hydrogens is 440 g/mol. The molecule has 0 unspecified atom stereocenters. The Kier molecular flexibility index (Phi) is 5.02. The second kappa shape index (κ2) is 7.81. The monoisotopic (exact) mass is 462 g/mol. The zero-order chi connectivity index (χ0) is 24.2. The number of rotatable bonds is 4. The number of methoxy groups -OCH3 is 2. The van der Waals surface area contributed by atoms with E-state index in [2.05, 4.69) is 0 Å². The molecule has 4 heterocycles. The lowest BCUT2D eigenvalue weighted by atomic mass is 9.86. The number of aliphatic hydroxyl groups is 1. The van der Waals surface area contributed by atoms with Crippen molar-refractivity contribution < 1.29 is 28.9 Å². The van der Waals surface area contributed by atoms with E-state index in [1.54, 1.807) is 35.8 Å². The lowest BCUT2D eigenvalue weighted by Crippen LogP contribution is -2.44. The Morgan fingerprint density at radius 2 is 2.09 bits per heavy atom. The molecule has 9 heteroatoms. The number of aromatic nitrogens is 2. The maximum Gasteiger partial charge on any atom is 0.343 e. The number of nitrogens with zero attached hydrogens (tertiary/aromatic N) is 2. The van der Waals surface area contributed by atoms with Gasteiger partial charge < -0.3 is 23.9 Å². The highest BCUT2D eigenvalue weighted by Gasteiger charge is 2.45. The first-order valence-electron chi connectivity index (χ1n) is 10.8. The van der Waals surface area contributed by atoms with Crippen molar-refractivity contribution in [2.45, 2.75) is 32.1 Å². The van der Waals surface area contributed by atoms with Gasteiger partial charge in [-0.25, -0.2) is 14.6 Å². The van der Waals surface area contributed by atoms with Gasteiger partial charge in [-0.3, -0.25) is 4.79 Å². The maximum atomic E-state index is 13.3. The number of esters is 2. The molecule has 2 aliphatic heterocycles. The second-order valence-corrected chi connectivity index (χ2v) is 8.20. The Bertz CT molecular complexity index is 1470. The molecule has 1 N–H and O–H groups in total. The number of carbonyl (C=O) groups is 2. The highest BCUT2D eigenvalue weighted by Crippen LogP contribution is 2.39. The van der Waals surface area contributed by atoms with Gasteiger partial charge in [-0.2, -0.15) is 0 Å². The molecule has 0 fully saturated rings. The number of ether oxygens (including phenoxy) is 3. The molecule has 0 bridgehead atoms. The van der Waals surface area contributed by atoms with Crippen LogP contribution in [0.4, 0.5) is 0 Å². The Balaban J connectivity index is 1.72. The molecule has 0 amide bonds. The maximum absolute atomic E-state index is 13.3. The third-order valence-corrected chi connectivity index (χ3v) is 6.50. The van der Waals surface area contributed by atoms with Crippen LogP contribution in [-0.4, -0.2) is 40.8 Å². The van der Waals surface area contributed by atoms with E-state index in [0.717, 1.165) is 10.9 Å². The van der Waals surface area contributed by atoms with Crippen molar-refractivity contribution in [3.05, 3.63) is 62.9 Å². The first kappa shape index (κ1) is 21.8. The highest BCUT2D eigenvalue weighted by molar-refractivity contribution is 5.97. The number of benzene rings is 1. The lowest BCUT2D eigenvalue weighted by molar-refractivity contribution is -0.172. The Labute approximate surface area is 194 Å². The Morgan fingerprint density at radius 1 is 1.29 bits per heavy atom. The fourth-order valence-electron chi connectivity index (χ4n) is 4.62. The van der Waals surface area contributed by atoms with Crippen LogP contribution in [0.1, 0.15) is 35.6 Å². The zero-order valence-corrected chi connectivity index (χ0v) is 18.9. The van der Waals surface area contributed by atoms with Crippen LogP contribution in [0.15, 0.2) is 35.1 Å². The van der Waals surface area contributed by atoms with Gasteiger partial charge in [-0.1, -0.05) is 6.92 Å². The van der Waals surface area contributed by atoms with Crippen molar-refractivity contribution in [2.24, 2.45) is 0 Å². The van der Waals surface area contributed by atoms with Gasteiger partial charge in [-0.15, -0.1) is 0 Å². The van der Waals surface area contributed by atoms with E-state index in [0.29, 0.717) is 28.2 Å². The summed E-state index contributed by atoms with van der Waals surface area (Å²) in [5.41, 5.74) is 1.55. The van der Waals surface area contributed by atoms with Crippen LogP contribution in [0.2, 0.25) is 0 Å². The number of carbonyl (C=O) groups excluding carboxylic acids is 2. The quantitative estimate of drug-likeness (QED) is 0.363. The summed E-state index contributed by atoms with van der Waals surface area (Å²) in [7, 11) is 2.84. The molecule has 0 spiro atoms. The summed E-state index contributed by atoms with van der Waals surface area (Å²) in [6.07, 6.45) is 2.99. The molecule has 2 aromatic heterocycles. The summed E-state index contributed by atoms with van der Waals surface area (Å²) in [5, 5.41) is 11.7. The van der Waals surface area contributed by atoms with E-state index < -0.39 is 17.5 Å². The van der Waals surface area contributed by atoms with Gasteiger partial charge in [0.25, 0.3) is 5.56 Å². The standard InChI is InChI=1S/C25H22N2O7/c1-4-25(31)17-10-19-22-13(11-27(19)23(29)16(17)12-34-24(25)30)9-15-14(5-8-21(28)33-3)20(32-2)7-6-18(15)26-22/h5-10,31H,4,11-12H2,1-3H3/t25-/m0/s1. The molecule has 9 nitrogen and oxygen atoms in total. The highest BCUT2D eigenvalue weighted by atomic mass is 16.6. The third-order valence-electron chi connectivity index (χ3n) is 6.50. The van der Waals surface area contributed by atoms with Crippen molar-refractivity contribution in [1.29, 1.82) is 0 Å². The van der Waals surface area contributed by atoms with Gasteiger partial charge in [0.2, 0.25) is 0 Å². The van der Waals surface area contributed by atoms with Gasteiger partial charge >= 0.3 is 11.9 Å². The summed E-state index contributed by atoms with van der Waals surface area (Å²) in [5.74, 6) is -0.704. The van der Waals surface area contributed by atoms with Crippen molar-refractivity contribution >= 4 is 28.9 Å². The van der Waals surface area contributed by atoms with E-state index in [1.807, 2.05) is 6.07 Å². The van der Waals surface area contributed by atoms with Crippen molar-refractivity contribution in [1.82, 2.24) is 9.55 Å². The summed E-state index contributed by atoms with van der Waals surface area (Å²) in [4.78, 5) is 42.1. The Hall–Kier alpha value is -3.98. The number of hydrogen-bond donors (Lipinski definition) is 1. The minimum atomic E-state index is -1.87. The largest absolute Gasteiger partial charge is 0.496 e. The zero-order valence-electron chi connectivity index (χ0n) is 18.9. The van der Waals surface area contributed by atoms with E-state index in [1.165, 1.54) is 20.3 Å². The van der Waals surface area contributed by atoms with Crippen LogP contribution in [0, 0.1) is 0 Å². The van der Waals surface area contributed by atoms with E-state index >= 15 is 0 Å². The van der Waals surface area contributed by atoms with Gasteiger partial charge in [0.1, 0.15) is 12.4 Å². The molecule has 1 atom stereocenters. The van der Waals surface area contributed by atoms with Crippen LogP contribution in [0.25, 0.3) is 28.4 Å². The van der Waals surface area contributed by atoms with Crippen LogP contribution < -0.4 is 10.3 Å². The first-order valence-corrected chi connectivity index (χ1v) is 10.8. The molecular formula is C25H22N2O7. The van der Waals surface area contributed by atoms with Crippen molar-refractivity contribution in [3.63, 3.8) is 0 Å². The van der Waals surface area contributed by atoms with Crippen LogP contribution in [0.3, 0.4) is 0 Å². The molecule has 0 saturated carbocycles. The minimum Gasteiger partial charge on any atom is -0.496 e. The van der Waals surface area contributed by atoms with Crippen LogP contribution in [-0.2, 0) is 37.8 Å². The minimum absolute atomic E-state index is 0.0788. The molecule has 1 aromatic carbocycles. The fourth-order valence-corrected chi connectivity index (χ4v) is 4.62. The Morgan fingerprint density at radius 3 is 2.79 bits per heavy atom. The predicted molar refractivity (Wildman–Crippen MR) is 122 cm³/mol. The summed E-state index contributed by atoms with van der Waals surface area (Å²) in [6, 6.07) is 7.13. The van der Waals surface area contributed by atoms with Crippen LogP contribution >= 0.6 is 0 Å². The molecule has 0 radical (unpaired) electrons. The summed E-state index contributed by atoms with van der Waals surface area (Å²) < 4.78 is 16.9. The van der Waals surface area contributed by atoms with E-state index in [9.17, 15) is 19.5 Å². The average molecular weight is 462 g/mol. The van der Waals surface area contributed by atoms with Crippen LogP contribution in [0.5, 0.6) is 5.75 Å². The van der Waals surface area contributed by atoms with E-state index in [-0.39, 0.29) is 36.3 Å². The number of hydrogen-bond acceptors (Lipinski definition) is 8. The average Bonchev–Trinajstić information content (AvgIpc) is 3.21. The van der Waals surface area contributed by atoms with Gasteiger partial charge in [0, 0.05) is 28.2 Å². The number of pyridine rings is 2.